The third kappa shape index (κ3) is 2.43. The van der Waals surface area contributed by atoms with E-state index in [9.17, 15) is 0 Å². The largest absolute Gasteiger partial charge is 0.418 e. The van der Waals surface area contributed by atoms with E-state index >= 15 is 0 Å². The normalized spacial score (nSPS) is 19.0. The van der Waals surface area contributed by atoms with Crippen LogP contribution < -0.4 is 0 Å². The summed E-state index contributed by atoms with van der Waals surface area (Å²) in [6.45, 7) is 0.776. The first kappa shape index (κ1) is 12.5. The maximum atomic E-state index is 5.81. The number of aromatic nitrogens is 2. The Balaban J connectivity index is 1.67. The molecule has 0 bridgehead atoms. The highest BCUT2D eigenvalue weighted by atomic mass is 16.5. The van der Waals surface area contributed by atoms with Crippen molar-refractivity contribution in [2.45, 2.75) is 25.4 Å². The van der Waals surface area contributed by atoms with Gasteiger partial charge in [0.1, 0.15) is 6.10 Å². The van der Waals surface area contributed by atoms with Gasteiger partial charge in [-0.2, -0.15) is 0 Å². The molecule has 1 atom stereocenters. The van der Waals surface area contributed by atoms with Crippen LogP contribution in [0.2, 0.25) is 0 Å². The van der Waals surface area contributed by atoms with Crippen molar-refractivity contribution in [1.29, 1.82) is 0 Å². The minimum absolute atomic E-state index is 0.0412. The van der Waals surface area contributed by atoms with E-state index < -0.39 is 0 Å². The third-order valence-electron chi connectivity index (χ3n) is 3.89. The van der Waals surface area contributed by atoms with Crippen LogP contribution in [0.3, 0.4) is 0 Å². The lowest BCUT2D eigenvalue weighted by molar-refractivity contribution is -0.00126. The highest BCUT2D eigenvalue weighted by molar-refractivity contribution is 5.86. The number of ether oxygens (including phenoxy) is 1. The predicted octanol–water partition coefficient (Wildman–Crippen LogP) is 4.13. The van der Waals surface area contributed by atoms with Gasteiger partial charge in [-0.05, 0) is 42.2 Å². The van der Waals surface area contributed by atoms with Gasteiger partial charge >= 0.3 is 0 Å². The smallest absolute Gasteiger partial charge is 0.247 e. The van der Waals surface area contributed by atoms with Crippen molar-refractivity contribution in [1.82, 2.24) is 10.2 Å². The van der Waals surface area contributed by atoms with E-state index in [4.69, 9.17) is 9.15 Å². The van der Waals surface area contributed by atoms with Gasteiger partial charge in [-0.3, -0.25) is 0 Å². The van der Waals surface area contributed by atoms with Crippen molar-refractivity contribution >= 4 is 10.8 Å². The highest BCUT2D eigenvalue weighted by Gasteiger charge is 2.22. The Morgan fingerprint density at radius 1 is 0.952 bits per heavy atom. The Kier molecular flexibility index (Phi) is 3.16. The van der Waals surface area contributed by atoms with Crippen molar-refractivity contribution in [3.05, 3.63) is 48.4 Å². The quantitative estimate of drug-likeness (QED) is 0.708. The molecule has 1 saturated heterocycles. The average molecular weight is 280 g/mol. The van der Waals surface area contributed by atoms with Crippen molar-refractivity contribution in [3.63, 3.8) is 0 Å². The molecule has 1 aromatic heterocycles. The van der Waals surface area contributed by atoms with Gasteiger partial charge in [0.25, 0.3) is 0 Å². The van der Waals surface area contributed by atoms with Crippen LogP contribution in [0.15, 0.2) is 46.9 Å². The molecule has 0 amide bonds. The second kappa shape index (κ2) is 5.30. The van der Waals surface area contributed by atoms with Gasteiger partial charge in [-0.15, -0.1) is 10.2 Å². The van der Waals surface area contributed by atoms with Gasteiger partial charge in [0.15, 0.2) is 0 Å². The van der Waals surface area contributed by atoms with E-state index in [0.29, 0.717) is 11.8 Å². The van der Waals surface area contributed by atoms with Gasteiger partial charge in [0.2, 0.25) is 11.8 Å². The zero-order valence-corrected chi connectivity index (χ0v) is 11.7. The first-order valence-electron chi connectivity index (χ1n) is 7.34. The number of rotatable bonds is 2. The molecule has 0 saturated carbocycles. The number of nitrogens with zero attached hydrogens (tertiary/aromatic N) is 2. The van der Waals surface area contributed by atoms with Crippen molar-refractivity contribution < 1.29 is 9.15 Å². The molecule has 2 aromatic carbocycles. The summed E-state index contributed by atoms with van der Waals surface area (Å²) in [5.74, 6) is 1.16. The van der Waals surface area contributed by atoms with Crippen LogP contribution in [0.4, 0.5) is 0 Å². The Bertz CT molecular complexity index is 760. The summed E-state index contributed by atoms with van der Waals surface area (Å²) < 4.78 is 11.5. The first-order chi connectivity index (χ1) is 10.4. The van der Waals surface area contributed by atoms with Crippen LogP contribution in [0.5, 0.6) is 0 Å². The molecule has 1 fully saturated rings. The Labute approximate surface area is 122 Å². The lowest BCUT2D eigenvalue weighted by atomic mass is 10.1. The monoisotopic (exact) mass is 280 g/mol. The molecule has 0 spiro atoms. The van der Waals surface area contributed by atoms with Gasteiger partial charge in [-0.1, -0.05) is 30.3 Å². The van der Waals surface area contributed by atoms with Gasteiger partial charge in [-0.25, -0.2) is 0 Å². The molecule has 4 rings (SSSR count). The first-order valence-corrected chi connectivity index (χ1v) is 7.34. The molecule has 1 unspecified atom stereocenters. The summed E-state index contributed by atoms with van der Waals surface area (Å²) in [5, 5.41) is 10.7. The highest BCUT2D eigenvalue weighted by Crippen LogP contribution is 2.30. The topological polar surface area (TPSA) is 48.2 Å². The summed E-state index contributed by atoms with van der Waals surface area (Å²) in [6, 6.07) is 14.4. The fourth-order valence-electron chi connectivity index (χ4n) is 2.74. The molecule has 106 valence electrons. The summed E-state index contributed by atoms with van der Waals surface area (Å²) in [5.41, 5.74) is 0.947. The van der Waals surface area contributed by atoms with Crippen LogP contribution in [-0.4, -0.2) is 16.8 Å². The lowest BCUT2D eigenvalue weighted by Gasteiger charge is -2.18. The van der Waals surface area contributed by atoms with Gasteiger partial charge in [0, 0.05) is 12.2 Å². The number of fused-ring (bicyclic) bond motifs is 1. The maximum Gasteiger partial charge on any atom is 0.247 e. The molecule has 0 N–H and O–H groups in total. The molecular formula is C17H16N2O2. The van der Waals surface area contributed by atoms with E-state index in [1.54, 1.807) is 0 Å². The van der Waals surface area contributed by atoms with Crippen LogP contribution in [0.1, 0.15) is 31.3 Å². The minimum Gasteiger partial charge on any atom is -0.418 e. The van der Waals surface area contributed by atoms with Gasteiger partial charge < -0.3 is 9.15 Å². The zero-order chi connectivity index (χ0) is 14.1. The van der Waals surface area contributed by atoms with E-state index in [1.165, 1.54) is 10.8 Å². The second-order valence-electron chi connectivity index (χ2n) is 5.36. The SMILES string of the molecule is c1ccc2cc(-c3nnc(C4CCCCO4)o3)ccc2c1. The third-order valence-corrected chi connectivity index (χ3v) is 3.89. The molecule has 21 heavy (non-hydrogen) atoms. The van der Waals surface area contributed by atoms with E-state index in [2.05, 4.69) is 34.5 Å². The van der Waals surface area contributed by atoms with E-state index in [1.807, 2.05) is 18.2 Å². The van der Waals surface area contributed by atoms with Crippen LogP contribution in [-0.2, 0) is 4.74 Å². The maximum absolute atomic E-state index is 5.81. The van der Waals surface area contributed by atoms with E-state index in [-0.39, 0.29) is 6.10 Å². The Hall–Kier alpha value is -2.20. The number of benzene rings is 2. The van der Waals surface area contributed by atoms with Crippen molar-refractivity contribution in [3.8, 4) is 11.5 Å². The molecule has 4 nitrogen and oxygen atoms in total. The predicted molar refractivity (Wildman–Crippen MR) is 79.8 cm³/mol. The molecule has 0 radical (unpaired) electrons. The van der Waals surface area contributed by atoms with Crippen LogP contribution in [0.25, 0.3) is 22.2 Å². The summed E-state index contributed by atoms with van der Waals surface area (Å²) in [4.78, 5) is 0. The van der Waals surface area contributed by atoms with Crippen LogP contribution >= 0.6 is 0 Å². The standard InChI is InChI=1S/C17H16N2O2/c1-2-6-13-11-14(9-8-12(13)5-1)16-18-19-17(21-16)15-7-3-4-10-20-15/h1-2,5-6,8-9,11,15H,3-4,7,10H2. The summed E-state index contributed by atoms with van der Waals surface area (Å²) in [7, 11) is 0. The summed E-state index contributed by atoms with van der Waals surface area (Å²) >= 11 is 0. The van der Waals surface area contributed by atoms with Crippen molar-refractivity contribution in [2.24, 2.45) is 0 Å². The van der Waals surface area contributed by atoms with Crippen LogP contribution in [0, 0.1) is 0 Å². The second-order valence-corrected chi connectivity index (χ2v) is 5.36. The van der Waals surface area contributed by atoms with Crippen molar-refractivity contribution in [2.75, 3.05) is 6.61 Å². The fourth-order valence-corrected chi connectivity index (χ4v) is 2.74. The minimum atomic E-state index is -0.0412. The van der Waals surface area contributed by atoms with E-state index in [0.717, 1.165) is 31.4 Å². The molecule has 1 aliphatic rings. The number of hydrogen-bond acceptors (Lipinski definition) is 4. The average Bonchev–Trinajstić information content (AvgIpc) is 3.05. The number of hydrogen-bond donors (Lipinski definition) is 0. The lowest BCUT2D eigenvalue weighted by Crippen LogP contribution is -2.11. The Morgan fingerprint density at radius 3 is 2.71 bits per heavy atom. The zero-order valence-electron chi connectivity index (χ0n) is 11.7. The molecule has 3 aromatic rings. The molecule has 0 aliphatic carbocycles. The molecule has 2 heterocycles. The molecular weight excluding hydrogens is 264 g/mol. The Morgan fingerprint density at radius 2 is 1.86 bits per heavy atom. The van der Waals surface area contributed by atoms with Gasteiger partial charge in [0.05, 0.1) is 0 Å². The molecule has 1 aliphatic heterocycles. The molecule has 4 heteroatoms. The summed E-state index contributed by atoms with van der Waals surface area (Å²) in [6.07, 6.45) is 3.18. The fraction of sp³-hybridized carbons (Fsp3) is 0.294.